The molecule has 1 fully saturated rings. The summed E-state index contributed by atoms with van der Waals surface area (Å²) in [5.41, 5.74) is 2.23. The van der Waals surface area contributed by atoms with Gasteiger partial charge in [-0.25, -0.2) is 13.4 Å². The lowest BCUT2D eigenvalue weighted by molar-refractivity contribution is 0.103. The van der Waals surface area contributed by atoms with Crippen molar-refractivity contribution in [3.05, 3.63) is 71.0 Å². The molecule has 2 atom stereocenters. The molecule has 2 heterocycles. The first kappa shape index (κ1) is 21.2. The summed E-state index contributed by atoms with van der Waals surface area (Å²) in [6.07, 6.45) is 4.75. The van der Waals surface area contributed by atoms with Crippen molar-refractivity contribution < 1.29 is 8.42 Å². The van der Waals surface area contributed by atoms with Crippen molar-refractivity contribution in [2.75, 3.05) is 11.3 Å². The molecule has 0 amide bonds. The number of benzene rings is 2. The van der Waals surface area contributed by atoms with Crippen LogP contribution in [0.4, 0.5) is 5.13 Å². The molecular formula is C21H23ClN4O2S2. The molecule has 2 unspecified atom stereocenters. The molecule has 1 saturated heterocycles. The van der Waals surface area contributed by atoms with Gasteiger partial charge in [-0.15, -0.1) is 0 Å². The molecule has 4 rings (SSSR count). The van der Waals surface area contributed by atoms with Gasteiger partial charge in [0.25, 0.3) is 10.0 Å². The minimum absolute atomic E-state index is 0.0656. The Labute approximate surface area is 186 Å². The maximum atomic E-state index is 12.6. The zero-order valence-electron chi connectivity index (χ0n) is 16.5. The van der Waals surface area contributed by atoms with Gasteiger partial charge in [-0.2, -0.15) is 4.37 Å². The van der Waals surface area contributed by atoms with Gasteiger partial charge in [-0.3, -0.25) is 9.62 Å². The normalized spacial score (nSPS) is 18.8. The monoisotopic (exact) mass is 462 g/mol. The summed E-state index contributed by atoms with van der Waals surface area (Å²) in [5.74, 6) is 0. The fourth-order valence-corrected chi connectivity index (χ4v) is 6.13. The smallest absolute Gasteiger partial charge is 0.263 e. The third-order valence-electron chi connectivity index (χ3n) is 5.54. The molecule has 0 saturated carbocycles. The van der Waals surface area contributed by atoms with Crippen LogP contribution in [-0.2, 0) is 10.0 Å². The van der Waals surface area contributed by atoms with Crippen LogP contribution in [0.3, 0.4) is 0 Å². The zero-order valence-corrected chi connectivity index (χ0v) is 18.9. The number of sulfonamides is 1. The minimum atomic E-state index is -3.77. The summed E-state index contributed by atoms with van der Waals surface area (Å²) in [5, 5.41) is 0.669. The Morgan fingerprint density at radius 3 is 2.70 bits per heavy atom. The molecule has 30 heavy (non-hydrogen) atoms. The number of nitrogens with zero attached hydrogens (tertiary/aromatic N) is 3. The summed E-state index contributed by atoms with van der Waals surface area (Å²) in [6.45, 7) is 3.12. The van der Waals surface area contributed by atoms with E-state index in [1.165, 1.54) is 24.4 Å². The fraction of sp³-hybridized carbons (Fsp3) is 0.333. The average molecular weight is 463 g/mol. The molecule has 0 bridgehead atoms. The number of hydrogen-bond donors (Lipinski definition) is 1. The lowest BCUT2D eigenvalue weighted by atomic mass is 9.92. The van der Waals surface area contributed by atoms with Gasteiger partial charge < -0.3 is 0 Å². The SMILES string of the molecule is CC(c1ccc(S(=O)(=O)Nc2ncns2)cc1Cl)N1CCCCC1c1ccccc1. The highest BCUT2D eigenvalue weighted by molar-refractivity contribution is 7.93. The van der Waals surface area contributed by atoms with Crippen LogP contribution in [0.2, 0.25) is 5.02 Å². The van der Waals surface area contributed by atoms with E-state index >= 15 is 0 Å². The van der Waals surface area contributed by atoms with E-state index < -0.39 is 10.0 Å². The number of halogens is 1. The number of aromatic nitrogens is 2. The first-order chi connectivity index (χ1) is 14.5. The Balaban J connectivity index is 1.59. The number of anilines is 1. The van der Waals surface area contributed by atoms with Gasteiger partial charge in [0.15, 0.2) is 0 Å². The molecule has 1 N–H and O–H groups in total. The van der Waals surface area contributed by atoms with E-state index in [1.54, 1.807) is 6.07 Å². The number of rotatable bonds is 6. The van der Waals surface area contributed by atoms with Crippen molar-refractivity contribution in [1.82, 2.24) is 14.3 Å². The Kier molecular flexibility index (Phi) is 6.38. The standard InChI is InChI=1S/C21H23ClN4O2S2/c1-15(26-12-6-5-9-20(26)16-7-3-2-4-8-16)18-11-10-17(13-19(18)22)30(27,28)25-21-23-14-24-29-21/h2-4,7-8,10-11,13-15,20H,5-6,9,12H2,1H3,(H,23,24,25). The predicted octanol–water partition coefficient (Wildman–Crippen LogP) is 5.28. The van der Waals surface area contributed by atoms with Crippen molar-refractivity contribution in [3.8, 4) is 0 Å². The van der Waals surface area contributed by atoms with E-state index in [2.05, 4.69) is 50.2 Å². The van der Waals surface area contributed by atoms with E-state index in [0.29, 0.717) is 11.1 Å². The van der Waals surface area contributed by atoms with Crippen molar-refractivity contribution in [3.63, 3.8) is 0 Å². The Morgan fingerprint density at radius 2 is 2.00 bits per heavy atom. The van der Waals surface area contributed by atoms with Crippen molar-refractivity contribution in [2.45, 2.75) is 43.2 Å². The maximum Gasteiger partial charge on any atom is 0.263 e. The lowest BCUT2D eigenvalue weighted by Crippen LogP contribution is -2.35. The molecule has 3 aromatic rings. The number of piperidine rings is 1. The van der Waals surface area contributed by atoms with E-state index in [4.69, 9.17) is 11.6 Å². The third-order valence-corrected chi connectivity index (χ3v) is 7.91. The summed E-state index contributed by atoms with van der Waals surface area (Å²) >= 11 is 7.56. The fourth-order valence-electron chi connectivity index (χ4n) is 4.04. The van der Waals surface area contributed by atoms with Gasteiger partial charge in [0, 0.05) is 28.6 Å². The van der Waals surface area contributed by atoms with Crippen LogP contribution in [0.25, 0.3) is 0 Å². The van der Waals surface area contributed by atoms with Crippen LogP contribution in [0, 0.1) is 0 Å². The maximum absolute atomic E-state index is 12.6. The molecule has 9 heteroatoms. The molecule has 1 aliphatic heterocycles. The number of hydrogen-bond acceptors (Lipinski definition) is 6. The van der Waals surface area contributed by atoms with Crippen LogP contribution in [0.1, 0.15) is 49.4 Å². The van der Waals surface area contributed by atoms with Gasteiger partial charge in [-0.1, -0.05) is 54.4 Å². The molecule has 0 spiro atoms. The number of likely N-dealkylation sites (tertiary alicyclic amines) is 1. The Morgan fingerprint density at radius 1 is 1.20 bits per heavy atom. The molecule has 2 aromatic carbocycles. The summed E-state index contributed by atoms with van der Waals surface area (Å²) in [4.78, 5) is 6.45. The van der Waals surface area contributed by atoms with Crippen molar-refractivity contribution >= 4 is 38.3 Å². The Bertz CT molecular complexity index is 1090. The average Bonchev–Trinajstić information content (AvgIpc) is 3.26. The van der Waals surface area contributed by atoms with E-state index in [1.807, 2.05) is 12.1 Å². The highest BCUT2D eigenvalue weighted by atomic mass is 35.5. The largest absolute Gasteiger partial charge is 0.290 e. The van der Waals surface area contributed by atoms with Crippen LogP contribution in [0.5, 0.6) is 0 Å². The first-order valence-corrected chi connectivity index (χ1v) is 12.5. The van der Waals surface area contributed by atoms with Gasteiger partial charge in [-0.05, 0) is 49.6 Å². The predicted molar refractivity (Wildman–Crippen MR) is 120 cm³/mol. The van der Waals surface area contributed by atoms with Crippen LogP contribution in [-0.4, -0.2) is 29.2 Å². The first-order valence-electron chi connectivity index (χ1n) is 9.85. The van der Waals surface area contributed by atoms with Crippen molar-refractivity contribution in [2.24, 2.45) is 0 Å². The topological polar surface area (TPSA) is 75.2 Å². The summed E-state index contributed by atoms with van der Waals surface area (Å²) in [6, 6.07) is 15.8. The van der Waals surface area contributed by atoms with Crippen molar-refractivity contribution in [1.29, 1.82) is 0 Å². The molecule has 158 valence electrons. The minimum Gasteiger partial charge on any atom is -0.290 e. The van der Waals surface area contributed by atoms with E-state index in [9.17, 15) is 8.42 Å². The van der Waals surface area contributed by atoms with Crippen LogP contribution in [0.15, 0.2) is 59.8 Å². The van der Waals surface area contributed by atoms with Gasteiger partial charge in [0.2, 0.25) is 5.13 Å². The molecule has 6 nitrogen and oxygen atoms in total. The molecular weight excluding hydrogens is 440 g/mol. The molecule has 0 radical (unpaired) electrons. The summed E-state index contributed by atoms with van der Waals surface area (Å²) in [7, 11) is -3.77. The van der Waals surface area contributed by atoms with Gasteiger partial charge >= 0.3 is 0 Å². The van der Waals surface area contributed by atoms with E-state index in [-0.39, 0.29) is 16.1 Å². The zero-order chi connectivity index (χ0) is 21.1. The van der Waals surface area contributed by atoms with E-state index in [0.717, 1.165) is 36.5 Å². The molecule has 1 aromatic heterocycles. The van der Waals surface area contributed by atoms with Crippen LogP contribution >= 0.6 is 23.1 Å². The highest BCUT2D eigenvalue weighted by Gasteiger charge is 2.30. The van der Waals surface area contributed by atoms with Crippen LogP contribution < -0.4 is 4.72 Å². The Hall–Kier alpha value is -2.00. The van der Waals surface area contributed by atoms with Gasteiger partial charge in [0.05, 0.1) is 4.90 Å². The third kappa shape index (κ3) is 4.51. The summed E-state index contributed by atoms with van der Waals surface area (Å²) < 4.78 is 31.5. The number of nitrogens with one attached hydrogen (secondary N) is 1. The second-order valence-electron chi connectivity index (χ2n) is 7.37. The molecule has 0 aliphatic carbocycles. The lowest BCUT2D eigenvalue weighted by Gasteiger charge is -2.40. The molecule has 1 aliphatic rings. The van der Waals surface area contributed by atoms with Gasteiger partial charge in [0.1, 0.15) is 6.33 Å². The quantitative estimate of drug-likeness (QED) is 0.539. The highest BCUT2D eigenvalue weighted by Crippen LogP contribution is 2.39. The second kappa shape index (κ2) is 9.01. The second-order valence-corrected chi connectivity index (χ2v) is 10.2.